The molecule has 0 aromatic heterocycles. The van der Waals surface area contributed by atoms with E-state index in [9.17, 15) is 0 Å². The Kier molecular flexibility index (Phi) is 3.02. The van der Waals surface area contributed by atoms with Crippen molar-refractivity contribution in [2.75, 3.05) is 0 Å². The Morgan fingerprint density at radius 2 is 1.72 bits per heavy atom. The average molecular weight is 233 g/mol. The van der Waals surface area contributed by atoms with Crippen LogP contribution in [-0.2, 0) is 6.42 Å². The fourth-order valence-corrected chi connectivity index (χ4v) is 2.42. The van der Waals surface area contributed by atoms with Crippen molar-refractivity contribution >= 4 is 21.5 Å². The molecule has 0 amide bonds. The molecule has 0 unspecified atom stereocenters. The van der Waals surface area contributed by atoms with Crippen molar-refractivity contribution in [1.82, 2.24) is 0 Å². The quantitative estimate of drug-likeness (QED) is 0.550. The van der Waals surface area contributed by atoms with Crippen molar-refractivity contribution in [2.24, 2.45) is 0 Å². The van der Waals surface area contributed by atoms with E-state index in [4.69, 9.17) is 0 Å². The molecule has 89 valence electrons. The first-order valence-corrected chi connectivity index (χ1v) is 6.70. The van der Waals surface area contributed by atoms with Gasteiger partial charge in [0.25, 0.3) is 0 Å². The van der Waals surface area contributed by atoms with E-state index in [0.717, 1.165) is 0 Å². The molecule has 0 aliphatic carbocycles. The molecule has 0 saturated heterocycles. The molecule has 0 aliphatic rings. The second-order valence-electron chi connectivity index (χ2n) is 4.88. The van der Waals surface area contributed by atoms with Crippen molar-refractivity contribution in [1.29, 1.82) is 0 Å². The third-order valence-electron chi connectivity index (χ3n) is 3.48. The monoisotopic (exact) mass is 233 g/mol. The second-order valence-corrected chi connectivity index (χ2v) is 4.88. The first kappa shape index (κ1) is 11.3. The lowest BCUT2D eigenvalue weighted by molar-refractivity contribution is 0.796. The molecule has 0 N–H and O–H groups in total. The maximum atomic E-state index is 3.53. The first-order chi connectivity index (χ1) is 8.86. The molecule has 0 spiro atoms. The van der Waals surface area contributed by atoms with Crippen LogP contribution in [0.5, 0.6) is 0 Å². The van der Waals surface area contributed by atoms with E-state index in [-0.39, 0.29) is 0 Å². The molecule has 0 atom stereocenters. The van der Waals surface area contributed by atoms with Gasteiger partial charge in [0.05, 0.1) is 0 Å². The highest BCUT2D eigenvalue weighted by atomic mass is 14.0. The fourth-order valence-electron chi connectivity index (χ4n) is 2.42. The van der Waals surface area contributed by atoms with Crippen molar-refractivity contribution in [3.05, 3.63) is 60.2 Å². The highest BCUT2D eigenvalue weighted by Gasteiger charge is 2.00. The molecule has 0 heterocycles. The van der Waals surface area contributed by atoms with Gasteiger partial charge >= 0.3 is 0 Å². The molecule has 1 radical (unpaired) electrons. The predicted octanol–water partition coefficient (Wildman–Crippen LogP) is 5.14. The molecule has 0 fully saturated rings. The van der Waals surface area contributed by atoms with Crippen LogP contribution in [0.1, 0.15) is 25.3 Å². The van der Waals surface area contributed by atoms with Gasteiger partial charge in [-0.05, 0) is 52.1 Å². The van der Waals surface area contributed by atoms with Crippen molar-refractivity contribution in [3.8, 4) is 0 Å². The SMILES string of the molecule is CCCCc1ccc2cc3ccccc3[c]c2c1. The van der Waals surface area contributed by atoms with E-state index in [2.05, 4.69) is 61.5 Å². The molecule has 0 bridgehead atoms. The van der Waals surface area contributed by atoms with Crippen LogP contribution in [0.4, 0.5) is 0 Å². The number of fused-ring (bicyclic) bond motifs is 2. The summed E-state index contributed by atoms with van der Waals surface area (Å²) in [5.74, 6) is 0. The summed E-state index contributed by atoms with van der Waals surface area (Å²) in [5, 5.41) is 5.00. The number of benzene rings is 3. The van der Waals surface area contributed by atoms with Crippen LogP contribution in [0.25, 0.3) is 21.5 Å². The normalized spacial score (nSPS) is 11.2. The smallest absolute Gasteiger partial charge is 0.00142 e. The minimum absolute atomic E-state index is 1.17. The molecular formula is C18H17. The summed E-state index contributed by atoms with van der Waals surface area (Å²) >= 11 is 0. The summed E-state index contributed by atoms with van der Waals surface area (Å²) < 4.78 is 0. The Hall–Kier alpha value is -1.82. The van der Waals surface area contributed by atoms with Gasteiger partial charge in [-0.3, -0.25) is 0 Å². The van der Waals surface area contributed by atoms with E-state index in [0.29, 0.717) is 0 Å². The standard InChI is InChI=1S/C18H17/c1-2-3-6-14-9-10-17-12-15-7-4-5-8-16(15)13-18(17)11-14/h4-5,7-12H,2-3,6H2,1H3. The van der Waals surface area contributed by atoms with Crippen LogP contribution in [0.15, 0.2) is 48.5 Å². The van der Waals surface area contributed by atoms with Crippen LogP contribution in [0.2, 0.25) is 0 Å². The molecule has 3 rings (SSSR count). The fraction of sp³-hybridized carbons (Fsp3) is 0.222. The third kappa shape index (κ3) is 2.11. The zero-order valence-corrected chi connectivity index (χ0v) is 10.7. The van der Waals surface area contributed by atoms with E-state index in [1.807, 2.05) is 0 Å². The lowest BCUT2D eigenvalue weighted by Gasteiger charge is -2.05. The maximum absolute atomic E-state index is 3.53. The number of unbranched alkanes of at least 4 members (excludes halogenated alkanes) is 1. The highest BCUT2D eigenvalue weighted by molar-refractivity contribution is 5.97. The van der Waals surface area contributed by atoms with E-state index >= 15 is 0 Å². The van der Waals surface area contributed by atoms with Gasteiger partial charge in [0.2, 0.25) is 0 Å². The molecule has 3 aromatic rings. The van der Waals surface area contributed by atoms with Crippen LogP contribution in [-0.4, -0.2) is 0 Å². The molecule has 0 nitrogen and oxygen atoms in total. The lowest BCUT2D eigenvalue weighted by Crippen LogP contribution is -1.85. The predicted molar refractivity (Wildman–Crippen MR) is 78.9 cm³/mol. The number of hydrogen-bond acceptors (Lipinski definition) is 0. The summed E-state index contributed by atoms with van der Waals surface area (Å²) in [6.07, 6.45) is 3.69. The van der Waals surface area contributed by atoms with Gasteiger partial charge in [-0.15, -0.1) is 0 Å². The Balaban J connectivity index is 2.12. The van der Waals surface area contributed by atoms with Crippen molar-refractivity contribution in [3.63, 3.8) is 0 Å². The minimum Gasteiger partial charge on any atom is -0.0654 e. The van der Waals surface area contributed by atoms with E-state index < -0.39 is 0 Å². The molecule has 0 aliphatic heterocycles. The van der Waals surface area contributed by atoms with Crippen molar-refractivity contribution in [2.45, 2.75) is 26.2 Å². The van der Waals surface area contributed by atoms with Crippen LogP contribution in [0, 0.1) is 6.07 Å². The summed E-state index contributed by atoms with van der Waals surface area (Å²) in [4.78, 5) is 0. The zero-order chi connectivity index (χ0) is 12.4. The van der Waals surface area contributed by atoms with Gasteiger partial charge in [-0.25, -0.2) is 0 Å². The van der Waals surface area contributed by atoms with Crippen LogP contribution < -0.4 is 0 Å². The lowest BCUT2D eigenvalue weighted by atomic mass is 10.00. The van der Waals surface area contributed by atoms with Crippen molar-refractivity contribution < 1.29 is 0 Å². The van der Waals surface area contributed by atoms with Gasteiger partial charge in [0, 0.05) is 0 Å². The van der Waals surface area contributed by atoms with Gasteiger partial charge in [0.15, 0.2) is 0 Å². The molecule has 3 aromatic carbocycles. The third-order valence-corrected chi connectivity index (χ3v) is 3.48. The van der Waals surface area contributed by atoms with Crippen LogP contribution in [0.3, 0.4) is 0 Å². The molecule has 0 heteroatoms. The maximum Gasteiger partial charge on any atom is -0.00142 e. The van der Waals surface area contributed by atoms with Gasteiger partial charge < -0.3 is 0 Å². The largest absolute Gasteiger partial charge is 0.0654 e. The summed E-state index contributed by atoms with van der Waals surface area (Å²) in [5.41, 5.74) is 1.43. The number of rotatable bonds is 3. The molecule has 18 heavy (non-hydrogen) atoms. The Morgan fingerprint density at radius 3 is 2.61 bits per heavy atom. The van der Waals surface area contributed by atoms with Gasteiger partial charge in [-0.2, -0.15) is 0 Å². The first-order valence-electron chi connectivity index (χ1n) is 6.70. The Morgan fingerprint density at radius 1 is 0.889 bits per heavy atom. The van der Waals surface area contributed by atoms with Crippen LogP contribution >= 0.6 is 0 Å². The molecular weight excluding hydrogens is 216 g/mol. The number of aryl methyl sites for hydroxylation is 1. The topological polar surface area (TPSA) is 0 Å². The number of hydrogen-bond donors (Lipinski definition) is 0. The van der Waals surface area contributed by atoms with Gasteiger partial charge in [-0.1, -0.05) is 55.8 Å². The van der Waals surface area contributed by atoms with Gasteiger partial charge in [0.1, 0.15) is 0 Å². The Bertz CT molecular complexity index is 680. The second kappa shape index (κ2) is 4.81. The minimum atomic E-state index is 1.17. The summed E-state index contributed by atoms with van der Waals surface area (Å²) in [6.45, 7) is 2.24. The zero-order valence-electron chi connectivity index (χ0n) is 10.7. The van der Waals surface area contributed by atoms with E-state index in [1.165, 1.54) is 46.4 Å². The average Bonchev–Trinajstić information content (AvgIpc) is 2.42. The summed E-state index contributed by atoms with van der Waals surface area (Å²) in [7, 11) is 0. The van der Waals surface area contributed by atoms with E-state index in [1.54, 1.807) is 0 Å². The molecule has 0 saturated carbocycles. The summed E-state index contributed by atoms with van der Waals surface area (Å²) in [6, 6.07) is 21.0. The highest BCUT2D eigenvalue weighted by Crippen LogP contribution is 2.23. The Labute approximate surface area is 108 Å².